The van der Waals surface area contributed by atoms with E-state index >= 15 is 0 Å². The average molecular weight is 393 g/mol. The summed E-state index contributed by atoms with van der Waals surface area (Å²) in [6, 6.07) is 10.8. The lowest BCUT2D eigenvalue weighted by atomic mass is 10.1. The third-order valence-electron chi connectivity index (χ3n) is 4.72. The Balaban J connectivity index is 2.07. The van der Waals surface area contributed by atoms with Crippen molar-refractivity contribution in [2.75, 3.05) is 27.2 Å². The molecule has 0 aliphatic heterocycles. The Morgan fingerprint density at radius 2 is 1.79 bits per heavy atom. The van der Waals surface area contributed by atoms with Crippen molar-refractivity contribution in [2.45, 2.75) is 26.4 Å². The van der Waals surface area contributed by atoms with Crippen LogP contribution < -0.4 is 5.56 Å². The van der Waals surface area contributed by atoms with Gasteiger partial charge in [0.1, 0.15) is 0 Å². The summed E-state index contributed by atoms with van der Waals surface area (Å²) >= 11 is 0. The topological polar surface area (TPSA) is 71.3 Å². The second-order valence-corrected chi connectivity index (χ2v) is 7.63. The Labute approximate surface area is 170 Å². The number of likely N-dealkylation sites (N-methyl/N-ethyl adjacent to an activating group) is 1. The van der Waals surface area contributed by atoms with Crippen LogP contribution in [0.2, 0.25) is 0 Å². The quantitative estimate of drug-likeness (QED) is 0.617. The summed E-state index contributed by atoms with van der Waals surface area (Å²) in [6.45, 7) is 5.45. The van der Waals surface area contributed by atoms with Gasteiger partial charge in [0.15, 0.2) is 5.69 Å². The van der Waals surface area contributed by atoms with Crippen LogP contribution in [0, 0.1) is 0 Å². The molecule has 2 heterocycles. The number of carbonyl (C=O) groups is 1. The zero-order chi connectivity index (χ0) is 21.0. The number of rotatable bonds is 7. The highest BCUT2D eigenvalue weighted by molar-refractivity contribution is 6.04. The van der Waals surface area contributed by atoms with Crippen LogP contribution in [0.5, 0.6) is 0 Å². The van der Waals surface area contributed by atoms with Crippen LogP contribution in [-0.4, -0.2) is 57.7 Å². The Bertz CT molecular complexity index is 1040. The molecule has 0 fully saturated rings. The van der Waals surface area contributed by atoms with Crippen LogP contribution in [0.4, 0.5) is 0 Å². The van der Waals surface area contributed by atoms with Gasteiger partial charge in [-0.25, -0.2) is 4.68 Å². The largest absolute Gasteiger partial charge is 0.332 e. The van der Waals surface area contributed by atoms with Crippen LogP contribution in [0.3, 0.4) is 0 Å². The van der Waals surface area contributed by atoms with Gasteiger partial charge in [0, 0.05) is 37.4 Å². The average Bonchev–Trinajstić information content (AvgIpc) is 2.71. The molecule has 0 bridgehead atoms. The van der Waals surface area contributed by atoms with Crippen LogP contribution >= 0.6 is 0 Å². The molecule has 3 rings (SSSR count). The lowest BCUT2D eigenvalue weighted by Crippen LogP contribution is -2.38. The maximum atomic E-state index is 13.6. The summed E-state index contributed by atoms with van der Waals surface area (Å²) in [5.74, 6) is -0.193. The summed E-state index contributed by atoms with van der Waals surface area (Å²) in [5.41, 5.74) is 1.07. The minimum atomic E-state index is -0.193. The van der Waals surface area contributed by atoms with Crippen molar-refractivity contribution in [3.05, 3.63) is 70.4 Å². The number of benzene rings is 1. The Kier molecular flexibility index (Phi) is 6.39. The van der Waals surface area contributed by atoms with Gasteiger partial charge in [0.2, 0.25) is 0 Å². The van der Waals surface area contributed by atoms with Crippen molar-refractivity contribution in [2.24, 2.45) is 0 Å². The molecule has 0 saturated heterocycles. The number of aromatic nitrogens is 3. The molecule has 29 heavy (non-hydrogen) atoms. The molecule has 152 valence electrons. The fourth-order valence-corrected chi connectivity index (χ4v) is 3.15. The first-order valence-electron chi connectivity index (χ1n) is 9.73. The van der Waals surface area contributed by atoms with Gasteiger partial charge in [-0.1, -0.05) is 24.3 Å². The molecule has 0 spiro atoms. The van der Waals surface area contributed by atoms with Crippen molar-refractivity contribution in [3.8, 4) is 0 Å². The molecule has 7 heteroatoms. The molecule has 2 aromatic heterocycles. The minimum absolute atomic E-state index is 0.146. The molecule has 0 N–H and O–H groups in total. The maximum Gasteiger partial charge on any atom is 0.275 e. The SMILES string of the molecule is CC(C)n1nc(C(=O)N(CCN(C)C)Cc2cccnc2)c2ccccc2c1=O. The number of carbonyl (C=O) groups excluding carboxylic acids is 1. The van der Waals surface area contributed by atoms with Crippen molar-refractivity contribution in [1.82, 2.24) is 24.6 Å². The van der Waals surface area contributed by atoms with Crippen LogP contribution in [0.15, 0.2) is 53.6 Å². The molecule has 1 aromatic carbocycles. The Hall–Kier alpha value is -3.06. The van der Waals surface area contributed by atoms with Crippen LogP contribution in [0.1, 0.15) is 35.9 Å². The second-order valence-electron chi connectivity index (χ2n) is 7.63. The molecule has 0 aliphatic rings. The van der Waals surface area contributed by atoms with E-state index in [-0.39, 0.29) is 17.5 Å². The van der Waals surface area contributed by atoms with Gasteiger partial charge in [0.05, 0.1) is 11.4 Å². The fraction of sp³-hybridized carbons (Fsp3) is 0.364. The molecule has 0 aliphatic carbocycles. The Morgan fingerprint density at radius 3 is 2.41 bits per heavy atom. The number of hydrogen-bond acceptors (Lipinski definition) is 5. The van der Waals surface area contributed by atoms with E-state index in [0.717, 1.165) is 5.56 Å². The first-order chi connectivity index (χ1) is 13.9. The third kappa shape index (κ3) is 4.68. The maximum absolute atomic E-state index is 13.6. The van der Waals surface area contributed by atoms with Gasteiger partial charge in [0.25, 0.3) is 11.5 Å². The number of nitrogens with zero attached hydrogens (tertiary/aromatic N) is 5. The number of amides is 1. The second kappa shape index (κ2) is 8.96. The summed E-state index contributed by atoms with van der Waals surface area (Å²) < 4.78 is 1.39. The van der Waals surface area contributed by atoms with Gasteiger partial charge in [-0.15, -0.1) is 0 Å². The first kappa shape index (κ1) is 20.7. The van der Waals surface area contributed by atoms with Crippen molar-refractivity contribution in [3.63, 3.8) is 0 Å². The van der Waals surface area contributed by atoms with Crippen LogP contribution in [0.25, 0.3) is 10.8 Å². The molecule has 0 saturated carbocycles. The zero-order valence-electron chi connectivity index (χ0n) is 17.4. The van der Waals surface area contributed by atoms with E-state index in [2.05, 4.69) is 10.1 Å². The summed E-state index contributed by atoms with van der Waals surface area (Å²) in [6.07, 6.45) is 3.47. The number of pyridine rings is 1. The molecule has 0 radical (unpaired) electrons. The van der Waals surface area contributed by atoms with E-state index in [1.54, 1.807) is 29.4 Å². The van der Waals surface area contributed by atoms with Gasteiger partial charge < -0.3 is 9.80 Å². The molecule has 3 aromatic rings. The molecule has 7 nitrogen and oxygen atoms in total. The minimum Gasteiger partial charge on any atom is -0.332 e. The van der Waals surface area contributed by atoms with E-state index in [4.69, 9.17) is 0 Å². The first-order valence-corrected chi connectivity index (χ1v) is 9.73. The van der Waals surface area contributed by atoms with E-state index in [1.165, 1.54) is 4.68 Å². The van der Waals surface area contributed by atoms with E-state index in [9.17, 15) is 9.59 Å². The van der Waals surface area contributed by atoms with Crippen molar-refractivity contribution < 1.29 is 4.79 Å². The van der Waals surface area contributed by atoms with E-state index in [0.29, 0.717) is 36.1 Å². The molecular weight excluding hydrogens is 366 g/mol. The standard InChI is InChI=1S/C22H27N5O2/c1-16(2)27-21(28)19-10-6-5-9-18(19)20(24-27)22(29)26(13-12-25(3)4)15-17-8-7-11-23-14-17/h5-11,14,16H,12-13,15H2,1-4H3. The smallest absolute Gasteiger partial charge is 0.275 e. The van der Waals surface area contributed by atoms with Crippen molar-refractivity contribution in [1.29, 1.82) is 0 Å². The predicted molar refractivity (Wildman–Crippen MR) is 114 cm³/mol. The van der Waals surface area contributed by atoms with E-state index < -0.39 is 0 Å². The lowest BCUT2D eigenvalue weighted by Gasteiger charge is -2.25. The number of hydrogen-bond donors (Lipinski definition) is 0. The lowest BCUT2D eigenvalue weighted by molar-refractivity contribution is 0.0725. The van der Waals surface area contributed by atoms with Gasteiger partial charge in [-0.05, 0) is 45.6 Å². The van der Waals surface area contributed by atoms with Gasteiger partial charge >= 0.3 is 0 Å². The summed E-state index contributed by atoms with van der Waals surface area (Å²) in [5, 5.41) is 5.56. The van der Waals surface area contributed by atoms with Gasteiger partial charge in [-0.3, -0.25) is 14.6 Å². The highest BCUT2D eigenvalue weighted by Gasteiger charge is 2.23. The molecule has 1 amide bonds. The molecular formula is C22H27N5O2. The zero-order valence-corrected chi connectivity index (χ0v) is 17.4. The highest BCUT2D eigenvalue weighted by Crippen LogP contribution is 2.18. The van der Waals surface area contributed by atoms with Gasteiger partial charge in [-0.2, -0.15) is 5.10 Å². The summed E-state index contributed by atoms with van der Waals surface area (Å²) in [4.78, 5) is 34.3. The third-order valence-corrected chi connectivity index (χ3v) is 4.72. The molecule has 0 unspecified atom stereocenters. The van der Waals surface area contributed by atoms with Crippen LogP contribution in [-0.2, 0) is 6.54 Å². The van der Waals surface area contributed by atoms with E-state index in [1.807, 2.05) is 57.1 Å². The normalized spacial score (nSPS) is 11.4. The van der Waals surface area contributed by atoms with Crippen molar-refractivity contribution >= 4 is 16.7 Å². The highest BCUT2D eigenvalue weighted by atomic mass is 16.2. The fourth-order valence-electron chi connectivity index (χ4n) is 3.15. The summed E-state index contributed by atoms with van der Waals surface area (Å²) in [7, 11) is 3.94. The number of fused-ring (bicyclic) bond motifs is 1. The Morgan fingerprint density at radius 1 is 1.07 bits per heavy atom. The predicted octanol–water partition coefficient (Wildman–Crippen LogP) is 2.58. The monoisotopic (exact) mass is 393 g/mol. The molecule has 0 atom stereocenters.